The fourth-order valence-corrected chi connectivity index (χ4v) is 1.04. The summed E-state index contributed by atoms with van der Waals surface area (Å²) in [5.41, 5.74) is 1.57. The predicted octanol–water partition coefficient (Wildman–Crippen LogP) is 2.18. The molecule has 0 saturated heterocycles. The third-order valence-electron chi connectivity index (χ3n) is 1.62. The van der Waals surface area contributed by atoms with Crippen LogP contribution in [-0.2, 0) is 6.42 Å². The first kappa shape index (κ1) is 9.38. The fourth-order valence-electron chi connectivity index (χ4n) is 1.04. The fraction of sp³-hybridized carbons (Fsp3) is 0.222. The molecule has 68 valence electrons. The Morgan fingerprint density at radius 2 is 2.00 bits per heavy atom. The molecule has 0 aromatic heterocycles. The topological polar surface area (TPSA) is 67.0 Å². The lowest BCUT2D eigenvalue weighted by Crippen LogP contribution is -1.95. The molecule has 1 N–H and O–H groups in total. The van der Waals surface area contributed by atoms with Crippen molar-refractivity contribution in [2.45, 2.75) is 13.3 Å². The molecule has 0 bridgehead atoms. The zero-order valence-corrected chi connectivity index (χ0v) is 7.28. The number of hydrogen-bond acceptors (Lipinski definition) is 3. The summed E-state index contributed by atoms with van der Waals surface area (Å²) >= 11 is 0. The van der Waals surface area contributed by atoms with E-state index < -0.39 is 4.92 Å². The molecular weight excluding hydrogens is 168 g/mol. The van der Waals surface area contributed by atoms with Gasteiger partial charge in [-0.05, 0) is 12.5 Å². The molecule has 1 rings (SSSR count). The molecule has 0 saturated carbocycles. The first-order valence-corrected chi connectivity index (χ1v) is 3.87. The van der Waals surface area contributed by atoms with Crippen LogP contribution in [-0.4, -0.2) is 10.6 Å². The summed E-state index contributed by atoms with van der Waals surface area (Å²) in [5, 5.41) is 17.5. The van der Waals surface area contributed by atoms with Gasteiger partial charge in [0.1, 0.15) is 0 Å². The molecule has 1 aromatic carbocycles. The largest absolute Gasteiger partial charge is 0.310 e. The van der Waals surface area contributed by atoms with Crippen LogP contribution in [0.4, 0.5) is 5.69 Å². The van der Waals surface area contributed by atoms with Gasteiger partial charge in [-0.15, -0.1) is 0 Å². The van der Waals surface area contributed by atoms with Crippen LogP contribution in [0.5, 0.6) is 0 Å². The predicted molar refractivity (Wildman–Crippen MR) is 50.2 cm³/mol. The second-order valence-corrected chi connectivity index (χ2v) is 2.88. The Kier molecular flexibility index (Phi) is 2.74. The SMILES string of the molecule is CC(=N)Cc1ccc([N+](=O)[O-])cc1. The van der Waals surface area contributed by atoms with Crippen molar-refractivity contribution in [2.75, 3.05) is 0 Å². The molecule has 0 aliphatic heterocycles. The molecule has 0 radical (unpaired) electrons. The standard InChI is InChI=1S/C9H10N2O2/c1-7(10)6-8-2-4-9(5-3-8)11(12)13/h2-5,10H,6H2,1H3. The molecule has 1 aromatic rings. The van der Waals surface area contributed by atoms with Gasteiger partial charge in [0.15, 0.2) is 0 Å². The van der Waals surface area contributed by atoms with Crippen LogP contribution in [0.3, 0.4) is 0 Å². The molecular formula is C9H10N2O2. The maximum Gasteiger partial charge on any atom is 0.269 e. The first-order chi connectivity index (χ1) is 6.09. The third kappa shape index (κ3) is 2.66. The van der Waals surface area contributed by atoms with Gasteiger partial charge in [0.05, 0.1) is 4.92 Å². The number of hydrogen-bond donors (Lipinski definition) is 1. The lowest BCUT2D eigenvalue weighted by molar-refractivity contribution is -0.384. The van der Waals surface area contributed by atoms with Crippen molar-refractivity contribution in [3.05, 3.63) is 39.9 Å². The van der Waals surface area contributed by atoms with Crippen LogP contribution in [0.2, 0.25) is 0 Å². The lowest BCUT2D eigenvalue weighted by atomic mass is 10.1. The monoisotopic (exact) mass is 178 g/mol. The Hall–Kier alpha value is -1.71. The van der Waals surface area contributed by atoms with Crippen LogP contribution in [0.25, 0.3) is 0 Å². The van der Waals surface area contributed by atoms with Gasteiger partial charge in [0.25, 0.3) is 5.69 Å². The van der Waals surface area contributed by atoms with E-state index in [2.05, 4.69) is 0 Å². The van der Waals surface area contributed by atoms with Crippen molar-refractivity contribution in [3.8, 4) is 0 Å². The van der Waals surface area contributed by atoms with Crippen molar-refractivity contribution in [3.63, 3.8) is 0 Å². The first-order valence-electron chi connectivity index (χ1n) is 3.87. The van der Waals surface area contributed by atoms with Gasteiger partial charge in [0, 0.05) is 24.3 Å². The smallest absolute Gasteiger partial charge is 0.269 e. The van der Waals surface area contributed by atoms with E-state index >= 15 is 0 Å². The van der Waals surface area contributed by atoms with Crippen LogP contribution >= 0.6 is 0 Å². The van der Waals surface area contributed by atoms with Crippen molar-refractivity contribution >= 4 is 11.4 Å². The average Bonchev–Trinajstić information content (AvgIpc) is 2.04. The van der Waals surface area contributed by atoms with Crippen molar-refractivity contribution < 1.29 is 4.92 Å². The number of nitrogens with zero attached hydrogens (tertiary/aromatic N) is 1. The minimum absolute atomic E-state index is 0.0892. The maximum absolute atomic E-state index is 10.3. The Morgan fingerprint density at radius 1 is 1.46 bits per heavy atom. The number of non-ortho nitro benzene ring substituents is 1. The van der Waals surface area contributed by atoms with Gasteiger partial charge in [-0.2, -0.15) is 0 Å². The molecule has 0 aliphatic carbocycles. The number of rotatable bonds is 3. The van der Waals surface area contributed by atoms with E-state index in [1.54, 1.807) is 19.1 Å². The molecule has 4 nitrogen and oxygen atoms in total. The van der Waals surface area contributed by atoms with E-state index in [9.17, 15) is 10.1 Å². The van der Waals surface area contributed by atoms with Gasteiger partial charge >= 0.3 is 0 Å². The highest BCUT2D eigenvalue weighted by Crippen LogP contribution is 2.12. The van der Waals surface area contributed by atoms with Crippen LogP contribution in [0, 0.1) is 15.5 Å². The molecule has 0 spiro atoms. The average molecular weight is 178 g/mol. The molecule has 0 unspecified atom stereocenters. The van der Waals surface area contributed by atoms with Crippen LogP contribution in [0.1, 0.15) is 12.5 Å². The third-order valence-corrected chi connectivity index (χ3v) is 1.62. The quantitative estimate of drug-likeness (QED) is 0.438. The zero-order chi connectivity index (χ0) is 9.84. The zero-order valence-electron chi connectivity index (χ0n) is 7.28. The Labute approximate surface area is 75.9 Å². The highest BCUT2D eigenvalue weighted by molar-refractivity contribution is 5.81. The summed E-state index contributed by atoms with van der Waals surface area (Å²) in [5.74, 6) is 0. The Balaban J connectivity index is 2.81. The molecule has 13 heavy (non-hydrogen) atoms. The molecule has 0 aliphatic rings. The summed E-state index contributed by atoms with van der Waals surface area (Å²) in [6.45, 7) is 1.71. The normalized spacial score (nSPS) is 9.62. The lowest BCUT2D eigenvalue weighted by Gasteiger charge is -1.97. The highest BCUT2D eigenvalue weighted by Gasteiger charge is 2.03. The van der Waals surface area contributed by atoms with E-state index in [1.165, 1.54) is 12.1 Å². The van der Waals surface area contributed by atoms with Gasteiger partial charge in [-0.3, -0.25) is 10.1 Å². The number of nitro benzene ring substituents is 1. The highest BCUT2D eigenvalue weighted by atomic mass is 16.6. The van der Waals surface area contributed by atoms with E-state index in [1.807, 2.05) is 0 Å². The van der Waals surface area contributed by atoms with Gasteiger partial charge < -0.3 is 5.41 Å². The summed E-state index contributed by atoms with van der Waals surface area (Å²) in [6, 6.07) is 6.27. The summed E-state index contributed by atoms with van der Waals surface area (Å²) in [7, 11) is 0. The Bertz CT molecular complexity index is 330. The molecule has 0 heterocycles. The van der Waals surface area contributed by atoms with Crippen molar-refractivity contribution in [1.82, 2.24) is 0 Å². The van der Waals surface area contributed by atoms with Gasteiger partial charge in [-0.1, -0.05) is 12.1 Å². The van der Waals surface area contributed by atoms with Crippen molar-refractivity contribution in [1.29, 1.82) is 5.41 Å². The van der Waals surface area contributed by atoms with Gasteiger partial charge in [0.2, 0.25) is 0 Å². The second kappa shape index (κ2) is 3.80. The van der Waals surface area contributed by atoms with Crippen LogP contribution in [0.15, 0.2) is 24.3 Å². The number of benzene rings is 1. The summed E-state index contributed by atoms with van der Waals surface area (Å²) in [4.78, 5) is 9.87. The molecule has 0 atom stereocenters. The van der Waals surface area contributed by atoms with Crippen LogP contribution < -0.4 is 0 Å². The second-order valence-electron chi connectivity index (χ2n) is 2.88. The van der Waals surface area contributed by atoms with E-state index in [4.69, 9.17) is 5.41 Å². The van der Waals surface area contributed by atoms with Crippen molar-refractivity contribution in [2.24, 2.45) is 0 Å². The number of nitro groups is 1. The molecule has 0 amide bonds. The van der Waals surface area contributed by atoms with E-state index in [-0.39, 0.29) is 5.69 Å². The van der Waals surface area contributed by atoms with Gasteiger partial charge in [-0.25, -0.2) is 0 Å². The minimum atomic E-state index is -0.430. The van der Waals surface area contributed by atoms with E-state index in [0.717, 1.165) is 5.56 Å². The van der Waals surface area contributed by atoms with E-state index in [0.29, 0.717) is 12.1 Å². The Morgan fingerprint density at radius 3 is 2.38 bits per heavy atom. The summed E-state index contributed by atoms with van der Waals surface area (Å²) in [6.07, 6.45) is 0.554. The summed E-state index contributed by atoms with van der Waals surface area (Å²) < 4.78 is 0. The number of nitrogens with one attached hydrogen (secondary N) is 1. The molecule has 4 heteroatoms. The minimum Gasteiger partial charge on any atom is -0.310 e. The molecule has 0 fully saturated rings. The maximum atomic E-state index is 10.3.